The highest BCUT2D eigenvalue weighted by Gasteiger charge is 2.08. The van der Waals surface area contributed by atoms with Crippen LogP contribution in [0.15, 0.2) is 71.9 Å². The highest BCUT2D eigenvalue weighted by atomic mass is 32.2. The Kier molecular flexibility index (Phi) is 4.39. The van der Waals surface area contributed by atoms with Gasteiger partial charge in [0, 0.05) is 11.3 Å². The van der Waals surface area contributed by atoms with Crippen LogP contribution in [0.1, 0.15) is 5.56 Å². The summed E-state index contributed by atoms with van der Waals surface area (Å²) in [7, 11) is 1.66. The first-order chi connectivity index (χ1) is 12.3. The van der Waals surface area contributed by atoms with Crippen molar-refractivity contribution in [3.05, 3.63) is 72.3 Å². The number of benzene rings is 3. The quantitative estimate of drug-likeness (QED) is 0.520. The fraction of sp³-hybridized carbons (Fsp3) is 0.100. The van der Waals surface area contributed by atoms with E-state index in [-0.39, 0.29) is 0 Å². The third-order valence-electron chi connectivity index (χ3n) is 4.07. The van der Waals surface area contributed by atoms with E-state index >= 15 is 0 Å². The van der Waals surface area contributed by atoms with Gasteiger partial charge in [-0.05, 0) is 40.6 Å². The Morgan fingerprint density at radius 2 is 1.76 bits per heavy atom. The van der Waals surface area contributed by atoms with E-state index in [9.17, 15) is 0 Å². The molecule has 5 heteroatoms. The molecule has 4 nitrogen and oxygen atoms in total. The minimum Gasteiger partial charge on any atom is -0.497 e. The first-order valence-electron chi connectivity index (χ1n) is 8.00. The van der Waals surface area contributed by atoms with Crippen molar-refractivity contribution in [3.8, 4) is 17.1 Å². The zero-order valence-electron chi connectivity index (χ0n) is 13.8. The van der Waals surface area contributed by atoms with Crippen LogP contribution >= 0.6 is 11.8 Å². The maximum atomic E-state index is 5.18. The summed E-state index contributed by atoms with van der Waals surface area (Å²) in [5.41, 5.74) is 2.28. The lowest BCUT2D eigenvalue weighted by Gasteiger charge is -2.04. The number of ether oxygens (including phenoxy) is 1. The predicted molar refractivity (Wildman–Crippen MR) is 102 cm³/mol. The number of nitrogens with zero attached hydrogens (tertiary/aromatic N) is 2. The molecule has 124 valence electrons. The lowest BCUT2D eigenvalue weighted by atomic mass is 10.1. The SMILES string of the molecule is COc1ccc(-c2nc(SCc3cccc4ccccc34)n[nH]2)cc1. The molecule has 1 N–H and O–H groups in total. The number of hydrogen-bond donors (Lipinski definition) is 1. The van der Waals surface area contributed by atoms with Gasteiger partial charge in [-0.15, -0.1) is 5.10 Å². The molecule has 0 bridgehead atoms. The summed E-state index contributed by atoms with van der Waals surface area (Å²) < 4.78 is 5.18. The van der Waals surface area contributed by atoms with Crippen molar-refractivity contribution in [2.75, 3.05) is 7.11 Å². The summed E-state index contributed by atoms with van der Waals surface area (Å²) in [4.78, 5) is 4.59. The normalized spacial score (nSPS) is 10.9. The van der Waals surface area contributed by atoms with Crippen LogP contribution in [0.4, 0.5) is 0 Å². The number of fused-ring (bicyclic) bond motifs is 1. The molecule has 1 aromatic heterocycles. The van der Waals surface area contributed by atoms with Gasteiger partial charge in [0.15, 0.2) is 5.82 Å². The summed E-state index contributed by atoms with van der Waals surface area (Å²) in [6.07, 6.45) is 0. The highest BCUT2D eigenvalue weighted by molar-refractivity contribution is 7.98. The smallest absolute Gasteiger partial charge is 0.209 e. The van der Waals surface area contributed by atoms with Gasteiger partial charge in [0.1, 0.15) is 5.75 Å². The maximum Gasteiger partial charge on any atom is 0.209 e. The summed E-state index contributed by atoms with van der Waals surface area (Å²) in [6, 6.07) is 22.6. The molecule has 0 amide bonds. The Morgan fingerprint density at radius 1 is 0.960 bits per heavy atom. The number of H-pyrrole nitrogens is 1. The fourth-order valence-electron chi connectivity index (χ4n) is 2.75. The molecule has 0 unspecified atom stereocenters. The van der Waals surface area contributed by atoms with Gasteiger partial charge in [0.05, 0.1) is 7.11 Å². The van der Waals surface area contributed by atoms with Crippen molar-refractivity contribution in [3.63, 3.8) is 0 Å². The lowest BCUT2D eigenvalue weighted by molar-refractivity contribution is 0.415. The molecule has 1 heterocycles. The van der Waals surface area contributed by atoms with Gasteiger partial charge in [-0.2, -0.15) is 0 Å². The predicted octanol–water partition coefficient (Wildman–Crippen LogP) is 4.93. The van der Waals surface area contributed by atoms with Gasteiger partial charge < -0.3 is 4.74 Å². The molecule has 0 radical (unpaired) electrons. The van der Waals surface area contributed by atoms with E-state index in [0.29, 0.717) is 0 Å². The van der Waals surface area contributed by atoms with Gasteiger partial charge in [0.25, 0.3) is 0 Å². The lowest BCUT2D eigenvalue weighted by Crippen LogP contribution is -1.85. The van der Waals surface area contributed by atoms with Gasteiger partial charge in [0.2, 0.25) is 5.16 Å². The van der Waals surface area contributed by atoms with Crippen LogP contribution in [0.25, 0.3) is 22.2 Å². The third-order valence-corrected chi connectivity index (χ3v) is 4.96. The van der Waals surface area contributed by atoms with Crippen molar-refractivity contribution in [1.82, 2.24) is 15.2 Å². The molecule has 0 spiro atoms. The van der Waals surface area contributed by atoms with Crippen LogP contribution in [0.3, 0.4) is 0 Å². The second-order valence-corrected chi connectivity index (χ2v) is 6.56. The van der Waals surface area contributed by atoms with Crippen LogP contribution in [0.2, 0.25) is 0 Å². The third kappa shape index (κ3) is 3.37. The van der Waals surface area contributed by atoms with Gasteiger partial charge in [-0.25, -0.2) is 4.98 Å². The first-order valence-corrected chi connectivity index (χ1v) is 8.98. The molecule has 0 aliphatic heterocycles. The number of methoxy groups -OCH3 is 1. The maximum absolute atomic E-state index is 5.18. The largest absolute Gasteiger partial charge is 0.497 e. The monoisotopic (exact) mass is 347 g/mol. The minimum atomic E-state index is 0.749. The van der Waals surface area contributed by atoms with E-state index in [1.54, 1.807) is 18.9 Å². The summed E-state index contributed by atoms with van der Waals surface area (Å²) >= 11 is 1.63. The molecule has 0 atom stereocenters. The number of thioether (sulfide) groups is 1. The molecule has 0 saturated carbocycles. The Balaban J connectivity index is 1.51. The van der Waals surface area contributed by atoms with Crippen LogP contribution in [-0.4, -0.2) is 22.3 Å². The van der Waals surface area contributed by atoms with E-state index in [2.05, 4.69) is 57.6 Å². The molecule has 0 aliphatic carbocycles. The van der Waals surface area contributed by atoms with Crippen molar-refractivity contribution < 1.29 is 4.74 Å². The highest BCUT2D eigenvalue weighted by Crippen LogP contribution is 2.27. The second-order valence-electron chi connectivity index (χ2n) is 5.62. The average molecular weight is 347 g/mol. The fourth-order valence-corrected chi connectivity index (χ4v) is 3.55. The number of nitrogens with one attached hydrogen (secondary N) is 1. The molecule has 25 heavy (non-hydrogen) atoms. The summed E-state index contributed by atoms with van der Waals surface area (Å²) in [5.74, 6) is 2.43. The van der Waals surface area contributed by atoms with E-state index in [1.165, 1.54) is 16.3 Å². The van der Waals surface area contributed by atoms with Crippen LogP contribution in [0.5, 0.6) is 5.75 Å². The molecule has 0 fully saturated rings. The van der Waals surface area contributed by atoms with Crippen molar-refractivity contribution in [2.45, 2.75) is 10.9 Å². The number of hydrogen-bond acceptors (Lipinski definition) is 4. The Bertz CT molecular complexity index is 990. The van der Waals surface area contributed by atoms with Crippen molar-refractivity contribution in [2.24, 2.45) is 0 Å². The molecule has 4 aromatic rings. The van der Waals surface area contributed by atoms with Gasteiger partial charge in [-0.3, -0.25) is 5.10 Å². The summed E-state index contributed by atoms with van der Waals surface area (Å²) in [5, 5.41) is 10.6. The van der Waals surface area contributed by atoms with E-state index in [4.69, 9.17) is 4.74 Å². The topological polar surface area (TPSA) is 50.8 Å². The van der Waals surface area contributed by atoms with Crippen LogP contribution in [-0.2, 0) is 5.75 Å². The molecule has 4 rings (SSSR count). The second kappa shape index (κ2) is 6.99. The number of aromatic amines is 1. The molecule has 3 aromatic carbocycles. The van der Waals surface area contributed by atoms with E-state index in [1.807, 2.05) is 24.3 Å². The molecular weight excluding hydrogens is 330 g/mol. The van der Waals surface area contributed by atoms with Crippen LogP contribution in [0, 0.1) is 0 Å². The van der Waals surface area contributed by atoms with Crippen molar-refractivity contribution in [1.29, 1.82) is 0 Å². The Hall–Kier alpha value is -2.79. The Morgan fingerprint density at radius 3 is 2.60 bits per heavy atom. The number of aromatic nitrogens is 3. The minimum absolute atomic E-state index is 0.749. The zero-order valence-corrected chi connectivity index (χ0v) is 14.6. The molecular formula is C20H17N3OS. The van der Waals surface area contributed by atoms with E-state index < -0.39 is 0 Å². The van der Waals surface area contributed by atoms with Gasteiger partial charge >= 0.3 is 0 Å². The molecule has 0 saturated heterocycles. The molecule has 0 aliphatic rings. The first kappa shape index (κ1) is 15.7. The van der Waals surface area contributed by atoms with E-state index in [0.717, 1.165) is 28.0 Å². The van der Waals surface area contributed by atoms with Gasteiger partial charge in [-0.1, -0.05) is 54.2 Å². The van der Waals surface area contributed by atoms with Crippen molar-refractivity contribution >= 4 is 22.5 Å². The Labute approximate surface area is 150 Å². The summed E-state index contributed by atoms with van der Waals surface area (Å²) in [6.45, 7) is 0. The van der Waals surface area contributed by atoms with Crippen LogP contribution < -0.4 is 4.74 Å². The number of rotatable bonds is 5. The average Bonchev–Trinajstić information content (AvgIpc) is 3.15. The standard InChI is InChI=1S/C20H17N3OS/c1-24-17-11-9-15(10-12-17)19-21-20(23-22-19)25-13-16-7-4-6-14-5-2-3-8-18(14)16/h2-12H,13H2,1H3,(H,21,22,23). The zero-order chi connectivity index (χ0) is 17.1.